The van der Waals surface area contributed by atoms with Gasteiger partial charge in [-0.2, -0.15) is 0 Å². The maximum absolute atomic E-state index is 10.3. The van der Waals surface area contributed by atoms with E-state index in [1.165, 1.54) is 0 Å². The van der Waals surface area contributed by atoms with Crippen LogP contribution in [0.1, 0.15) is 31.9 Å². The third kappa shape index (κ3) is 5.33. The summed E-state index contributed by atoms with van der Waals surface area (Å²) in [6.45, 7) is 8.33. The largest absolute Gasteiger partial charge is 0.506 e. The standard InChI is InChI=1S/C15H22Cl2N2O.2ClH/c1-10(2)9-13(19-7-5-18-6-8-19)11-3-4-12(16)14(17)15(11)20;;/h3-4,10,13,18,20H,5-9H2,1-2H3;2*1H/t13-;;/m1../s1. The van der Waals surface area contributed by atoms with E-state index in [1.54, 1.807) is 6.07 Å². The second-order valence-electron chi connectivity index (χ2n) is 5.73. The summed E-state index contributed by atoms with van der Waals surface area (Å²) in [7, 11) is 0. The first-order valence-electron chi connectivity index (χ1n) is 7.12. The molecule has 0 amide bonds. The molecule has 1 atom stereocenters. The fourth-order valence-corrected chi connectivity index (χ4v) is 3.06. The van der Waals surface area contributed by atoms with Crippen LogP contribution in [0.3, 0.4) is 0 Å². The molecule has 1 aromatic rings. The first-order valence-corrected chi connectivity index (χ1v) is 7.88. The third-order valence-corrected chi connectivity index (χ3v) is 4.54. The van der Waals surface area contributed by atoms with E-state index in [1.807, 2.05) is 6.07 Å². The Morgan fingerprint density at radius 2 is 1.77 bits per heavy atom. The van der Waals surface area contributed by atoms with Crippen molar-refractivity contribution in [2.75, 3.05) is 26.2 Å². The van der Waals surface area contributed by atoms with Gasteiger partial charge in [-0.3, -0.25) is 4.90 Å². The number of phenolic OH excluding ortho intramolecular Hbond substituents is 1. The fraction of sp³-hybridized carbons (Fsp3) is 0.600. The zero-order valence-corrected chi connectivity index (χ0v) is 16.0. The molecular formula is C15H24Cl4N2O. The van der Waals surface area contributed by atoms with Crippen molar-refractivity contribution in [1.29, 1.82) is 0 Å². The van der Waals surface area contributed by atoms with Gasteiger partial charge in [-0.25, -0.2) is 0 Å². The van der Waals surface area contributed by atoms with E-state index in [9.17, 15) is 5.11 Å². The number of piperazine rings is 1. The predicted octanol–water partition coefficient (Wildman–Crippen LogP) is 4.54. The Hall–Kier alpha value is 0.1000. The number of hydrogen-bond acceptors (Lipinski definition) is 3. The Kier molecular flexibility index (Phi) is 10.1. The highest BCUT2D eigenvalue weighted by atomic mass is 35.5. The number of hydrogen-bond donors (Lipinski definition) is 2. The number of halogens is 4. The summed E-state index contributed by atoms with van der Waals surface area (Å²) >= 11 is 12.1. The molecule has 1 aliphatic rings. The molecule has 1 aromatic carbocycles. The van der Waals surface area contributed by atoms with E-state index < -0.39 is 0 Å². The normalized spacial score (nSPS) is 16.8. The topological polar surface area (TPSA) is 35.5 Å². The van der Waals surface area contributed by atoms with Crippen LogP contribution < -0.4 is 5.32 Å². The summed E-state index contributed by atoms with van der Waals surface area (Å²) in [5, 5.41) is 14.3. The predicted molar refractivity (Wildman–Crippen MR) is 99.3 cm³/mol. The molecule has 2 rings (SSSR count). The van der Waals surface area contributed by atoms with E-state index in [-0.39, 0.29) is 41.6 Å². The second-order valence-corrected chi connectivity index (χ2v) is 6.52. The molecule has 0 aromatic heterocycles. The van der Waals surface area contributed by atoms with Crippen molar-refractivity contribution < 1.29 is 5.11 Å². The van der Waals surface area contributed by atoms with Crippen LogP contribution in [0, 0.1) is 5.92 Å². The molecule has 0 bridgehead atoms. The molecule has 0 saturated carbocycles. The second kappa shape index (κ2) is 10.1. The van der Waals surface area contributed by atoms with Crippen LogP contribution in [0.5, 0.6) is 5.75 Å². The van der Waals surface area contributed by atoms with Crippen molar-refractivity contribution in [3.8, 4) is 5.75 Å². The lowest BCUT2D eigenvalue weighted by molar-refractivity contribution is 0.151. The number of benzene rings is 1. The van der Waals surface area contributed by atoms with Crippen molar-refractivity contribution in [3.63, 3.8) is 0 Å². The molecule has 1 aliphatic heterocycles. The molecule has 128 valence electrons. The first-order chi connectivity index (χ1) is 9.50. The Balaban J connectivity index is 0.00000220. The van der Waals surface area contributed by atoms with Crippen molar-refractivity contribution >= 4 is 48.0 Å². The Morgan fingerprint density at radius 1 is 1.18 bits per heavy atom. The lowest BCUT2D eigenvalue weighted by Crippen LogP contribution is -2.45. The smallest absolute Gasteiger partial charge is 0.140 e. The zero-order valence-electron chi connectivity index (χ0n) is 12.8. The lowest BCUT2D eigenvalue weighted by Gasteiger charge is -2.36. The van der Waals surface area contributed by atoms with Gasteiger partial charge in [-0.15, -0.1) is 24.8 Å². The summed E-state index contributed by atoms with van der Waals surface area (Å²) in [5.41, 5.74) is 0.884. The van der Waals surface area contributed by atoms with Gasteiger partial charge in [0.15, 0.2) is 0 Å². The van der Waals surface area contributed by atoms with Gasteiger partial charge < -0.3 is 10.4 Å². The summed E-state index contributed by atoms with van der Waals surface area (Å²) in [6.07, 6.45) is 0.992. The van der Waals surface area contributed by atoms with Crippen molar-refractivity contribution in [2.24, 2.45) is 5.92 Å². The van der Waals surface area contributed by atoms with Crippen LogP contribution in [-0.2, 0) is 0 Å². The number of nitrogens with zero attached hydrogens (tertiary/aromatic N) is 1. The third-order valence-electron chi connectivity index (χ3n) is 3.75. The van der Waals surface area contributed by atoms with Gasteiger partial charge in [0.1, 0.15) is 10.8 Å². The molecular weight excluding hydrogens is 366 g/mol. The average molecular weight is 390 g/mol. The monoisotopic (exact) mass is 388 g/mol. The van der Waals surface area contributed by atoms with Gasteiger partial charge in [0.2, 0.25) is 0 Å². The minimum Gasteiger partial charge on any atom is -0.506 e. The summed E-state index contributed by atoms with van der Waals surface area (Å²) < 4.78 is 0. The molecule has 3 nitrogen and oxygen atoms in total. The number of aromatic hydroxyl groups is 1. The molecule has 7 heteroatoms. The quantitative estimate of drug-likeness (QED) is 0.793. The van der Waals surface area contributed by atoms with E-state index in [4.69, 9.17) is 23.2 Å². The SMILES string of the molecule is CC(C)C[C@H](c1ccc(Cl)c(Cl)c1O)N1CCNCC1.Cl.Cl. The van der Waals surface area contributed by atoms with E-state index >= 15 is 0 Å². The van der Waals surface area contributed by atoms with Crippen molar-refractivity contribution in [1.82, 2.24) is 10.2 Å². The van der Waals surface area contributed by atoms with Gasteiger partial charge in [0, 0.05) is 37.8 Å². The number of nitrogens with one attached hydrogen (secondary N) is 1. The maximum atomic E-state index is 10.3. The van der Waals surface area contributed by atoms with Gasteiger partial charge in [0.25, 0.3) is 0 Å². The molecule has 2 N–H and O–H groups in total. The molecule has 0 aliphatic carbocycles. The minimum atomic E-state index is 0. The van der Waals surface area contributed by atoms with Crippen LogP contribution >= 0.6 is 48.0 Å². The van der Waals surface area contributed by atoms with E-state index in [2.05, 4.69) is 24.1 Å². The molecule has 0 unspecified atom stereocenters. The fourth-order valence-electron chi connectivity index (χ4n) is 2.74. The average Bonchev–Trinajstić information content (AvgIpc) is 2.44. The molecule has 0 spiro atoms. The van der Waals surface area contributed by atoms with E-state index in [0.717, 1.165) is 38.2 Å². The Labute approximate surface area is 155 Å². The molecule has 1 heterocycles. The molecule has 1 saturated heterocycles. The van der Waals surface area contributed by atoms with Crippen LogP contribution in [-0.4, -0.2) is 36.2 Å². The highest BCUT2D eigenvalue weighted by molar-refractivity contribution is 6.43. The Bertz CT molecular complexity index is 465. The van der Waals surface area contributed by atoms with Crippen molar-refractivity contribution in [3.05, 3.63) is 27.7 Å². The van der Waals surface area contributed by atoms with Gasteiger partial charge >= 0.3 is 0 Å². The maximum Gasteiger partial charge on any atom is 0.140 e. The highest BCUT2D eigenvalue weighted by Crippen LogP contribution is 2.40. The van der Waals surface area contributed by atoms with E-state index in [0.29, 0.717) is 10.9 Å². The summed E-state index contributed by atoms with van der Waals surface area (Å²) in [5.74, 6) is 0.673. The van der Waals surface area contributed by atoms with Crippen LogP contribution in [0.15, 0.2) is 12.1 Å². The summed E-state index contributed by atoms with van der Waals surface area (Å²) in [6, 6.07) is 3.86. The number of phenols is 1. The van der Waals surface area contributed by atoms with Gasteiger partial charge in [-0.05, 0) is 18.4 Å². The molecule has 0 radical (unpaired) electrons. The highest BCUT2D eigenvalue weighted by Gasteiger charge is 2.26. The van der Waals surface area contributed by atoms with Gasteiger partial charge in [-0.1, -0.05) is 43.1 Å². The van der Waals surface area contributed by atoms with Crippen LogP contribution in [0.25, 0.3) is 0 Å². The Morgan fingerprint density at radius 3 is 2.32 bits per heavy atom. The van der Waals surface area contributed by atoms with Crippen molar-refractivity contribution in [2.45, 2.75) is 26.3 Å². The number of rotatable bonds is 4. The minimum absolute atomic E-state index is 0. The lowest BCUT2D eigenvalue weighted by atomic mass is 9.94. The zero-order chi connectivity index (χ0) is 14.7. The van der Waals surface area contributed by atoms with Crippen LogP contribution in [0.2, 0.25) is 10.0 Å². The molecule has 1 fully saturated rings. The first kappa shape index (κ1) is 22.1. The molecule has 22 heavy (non-hydrogen) atoms. The van der Waals surface area contributed by atoms with Crippen LogP contribution in [0.4, 0.5) is 0 Å². The summed E-state index contributed by atoms with van der Waals surface area (Å²) in [4.78, 5) is 2.41. The van der Waals surface area contributed by atoms with Gasteiger partial charge in [0.05, 0.1) is 5.02 Å².